The fourth-order valence-electron chi connectivity index (χ4n) is 4.32. The van der Waals surface area contributed by atoms with Gasteiger partial charge in [-0.05, 0) is 36.8 Å². The van der Waals surface area contributed by atoms with Crippen LogP contribution in [0.3, 0.4) is 0 Å². The van der Waals surface area contributed by atoms with Gasteiger partial charge in [0.1, 0.15) is 5.75 Å². The van der Waals surface area contributed by atoms with Gasteiger partial charge in [0.2, 0.25) is 0 Å². The summed E-state index contributed by atoms with van der Waals surface area (Å²) in [4.78, 5) is 43.5. The van der Waals surface area contributed by atoms with E-state index in [4.69, 9.17) is 4.74 Å². The topological polar surface area (TPSA) is 76.2 Å². The number of aryl methyl sites for hydroxylation is 1. The molecule has 6 aromatic rings. The first-order valence-corrected chi connectivity index (χ1v) is 11.5. The minimum Gasteiger partial charge on any atom is -0.422 e. The molecular weight excluding hydrogens is 446 g/mol. The number of nitrogens with one attached hydrogen (secondary N) is 1. The molecule has 34 heavy (non-hydrogen) atoms. The Kier molecular flexibility index (Phi) is 4.57. The van der Waals surface area contributed by atoms with Crippen molar-refractivity contribution >= 4 is 59.3 Å². The first-order chi connectivity index (χ1) is 16.5. The molecule has 0 saturated carbocycles. The molecule has 0 bridgehead atoms. The molecule has 0 spiro atoms. The maximum Gasteiger partial charge on any atom is 0.343 e. The Balaban J connectivity index is 1.76. The minimum absolute atomic E-state index is 0.0841. The summed E-state index contributed by atoms with van der Waals surface area (Å²) in [5.41, 5.74) is 2.26. The summed E-state index contributed by atoms with van der Waals surface area (Å²) in [5.74, 6) is -0.507. The number of rotatable bonds is 2. The molecule has 5 nitrogen and oxygen atoms in total. The van der Waals surface area contributed by atoms with E-state index in [0.717, 1.165) is 15.8 Å². The Labute approximate surface area is 196 Å². The standard InChI is InChI=1S/C28H17NO4S/c1-15-11-12-19-21(13-15)34-22-14-20(33-28(32)16-7-3-2-4-8-16)23-24(25(22)29-19)27(31)18-10-6-5-9-17(18)26(23)30/h2-14,29H,1H3. The molecule has 0 unspecified atom stereocenters. The van der Waals surface area contributed by atoms with Crippen molar-refractivity contribution in [2.45, 2.75) is 6.92 Å². The molecule has 6 heteroatoms. The number of carbonyl (C=O) groups excluding carboxylic acids is 1. The molecule has 5 aromatic carbocycles. The van der Waals surface area contributed by atoms with Crippen molar-refractivity contribution in [3.05, 3.63) is 110 Å². The molecule has 0 aliphatic heterocycles. The summed E-state index contributed by atoms with van der Waals surface area (Å²) in [5, 5.41) is 0.984. The van der Waals surface area contributed by atoms with Crippen molar-refractivity contribution in [2.75, 3.05) is 0 Å². The molecule has 6 rings (SSSR count). The lowest BCUT2D eigenvalue weighted by Gasteiger charge is -2.12. The van der Waals surface area contributed by atoms with Crippen LogP contribution in [0, 0.1) is 6.92 Å². The third-order valence-electron chi connectivity index (χ3n) is 5.95. The van der Waals surface area contributed by atoms with Crippen LogP contribution in [-0.4, -0.2) is 11.0 Å². The quantitative estimate of drug-likeness (QED) is 0.149. The van der Waals surface area contributed by atoms with E-state index in [1.54, 1.807) is 60.7 Å². The predicted octanol–water partition coefficient (Wildman–Crippen LogP) is 5.94. The molecule has 0 radical (unpaired) electrons. The maximum atomic E-state index is 13.7. The Bertz CT molecular complexity index is 1900. The van der Waals surface area contributed by atoms with E-state index in [1.807, 2.05) is 25.1 Å². The number of hydrogen-bond acceptors (Lipinski definition) is 5. The lowest BCUT2D eigenvalue weighted by Crippen LogP contribution is -2.16. The van der Waals surface area contributed by atoms with Gasteiger partial charge in [0, 0.05) is 16.8 Å². The Morgan fingerprint density at radius 1 is 0.794 bits per heavy atom. The number of ether oxygens (including phenoxy) is 1. The number of fused-ring (bicyclic) bond motifs is 5. The molecule has 0 fully saturated rings. The predicted molar refractivity (Wildman–Crippen MR) is 137 cm³/mol. The fraction of sp³-hybridized carbons (Fsp3) is 0.0357. The Morgan fingerprint density at radius 3 is 2.21 bits per heavy atom. The lowest BCUT2D eigenvalue weighted by atomic mass is 10.0. The number of benzene rings is 5. The van der Waals surface area contributed by atoms with Crippen LogP contribution in [0.5, 0.6) is 5.75 Å². The summed E-state index contributed by atoms with van der Waals surface area (Å²) in [7, 11) is 0. The van der Waals surface area contributed by atoms with Gasteiger partial charge in [-0.1, -0.05) is 48.5 Å². The van der Waals surface area contributed by atoms with Gasteiger partial charge in [0.05, 0.1) is 36.8 Å². The van der Waals surface area contributed by atoms with E-state index in [2.05, 4.69) is 4.98 Å². The summed E-state index contributed by atoms with van der Waals surface area (Å²) in [6.45, 7) is 2.01. The Morgan fingerprint density at radius 2 is 1.47 bits per heavy atom. The highest BCUT2D eigenvalue weighted by Gasteiger charge is 2.21. The third kappa shape index (κ3) is 3.11. The molecular formula is C28H17NO4S. The largest absolute Gasteiger partial charge is 0.422 e. The molecule has 1 aromatic heterocycles. The SMILES string of the molecule is Cc1ccc2[nH]c3c(cc(OC(=O)c4ccccc4)c4c(=O)c5ccccc5c(=O)c43)sc2c1. The van der Waals surface area contributed by atoms with Crippen molar-refractivity contribution < 1.29 is 9.53 Å². The van der Waals surface area contributed by atoms with Crippen molar-refractivity contribution in [2.24, 2.45) is 0 Å². The number of aromatic amines is 1. The normalized spacial score (nSPS) is 11.4. The summed E-state index contributed by atoms with van der Waals surface area (Å²) >= 11 is 1.47. The summed E-state index contributed by atoms with van der Waals surface area (Å²) < 4.78 is 7.46. The van der Waals surface area contributed by atoms with Crippen LogP contribution >= 0.6 is 11.3 Å². The fourth-order valence-corrected chi connectivity index (χ4v) is 5.46. The molecule has 0 atom stereocenters. The highest BCUT2D eigenvalue weighted by molar-refractivity contribution is 7.24. The van der Waals surface area contributed by atoms with E-state index in [9.17, 15) is 14.4 Å². The number of carbonyl (C=O) groups is 1. The Hall–Kier alpha value is -4.29. The van der Waals surface area contributed by atoms with Crippen molar-refractivity contribution in [1.82, 2.24) is 4.98 Å². The lowest BCUT2D eigenvalue weighted by molar-refractivity contribution is 0.0737. The van der Waals surface area contributed by atoms with Gasteiger partial charge >= 0.3 is 5.97 Å². The van der Waals surface area contributed by atoms with Gasteiger partial charge in [-0.25, -0.2) is 4.79 Å². The van der Waals surface area contributed by atoms with E-state index < -0.39 is 5.97 Å². The molecule has 0 saturated heterocycles. The molecule has 0 aliphatic rings. The molecule has 1 heterocycles. The average molecular weight is 464 g/mol. The van der Waals surface area contributed by atoms with Gasteiger partial charge in [0.25, 0.3) is 0 Å². The highest BCUT2D eigenvalue weighted by Crippen LogP contribution is 2.35. The van der Waals surface area contributed by atoms with Crippen molar-refractivity contribution in [3.8, 4) is 5.75 Å². The van der Waals surface area contributed by atoms with Gasteiger partial charge in [-0.15, -0.1) is 11.3 Å². The maximum absolute atomic E-state index is 13.7. The monoisotopic (exact) mass is 463 g/mol. The van der Waals surface area contributed by atoms with Gasteiger partial charge in [0.15, 0.2) is 10.9 Å². The van der Waals surface area contributed by atoms with Gasteiger partial charge in [-0.2, -0.15) is 0 Å². The zero-order chi connectivity index (χ0) is 23.4. The van der Waals surface area contributed by atoms with Gasteiger partial charge in [-0.3, -0.25) is 9.59 Å². The smallest absolute Gasteiger partial charge is 0.343 e. The van der Waals surface area contributed by atoms with Crippen LogP contribution in [0.4, 0.5) is 0 Å². The number of H-pyrrole nitrogens is 1. The molecule has 0 aliphatic carbocycles. The zero-order valence-electron chi connectivity index (χ0n) is 18.0. The van der Waals surface area contributed by atoms with Crippen LogP contribution in [0.2, 0.25) is 0 Å². The second kappa shape index (κ2) is 7.64. The van der Waals surface area contributed by atoms with Crippen LogP contribution < -0.4 is 15.6 Å². The number of esters is 1. The van der Waals surface area contributed by atoms with E-state index in [1.165, 1.54) is 11.3 Å². The van der Waals surface area contributed by atoms with Crippen molar-refractivity contribution in [3.63, 3.8) is 0 Å². The van der Waals surface area contributed by atoms with Gasteiger partial charge < -0.3 is 9.72 Å². The van der Waals surface area contributed by atoms with Crippen LogP contribution in [0.1, 0.15) is 15.9 Å². The second-order valence-electron chi connectivity index (χ2n) is 8.18. The van der Waals surface area contributed by atoms with Crippen LogP contribution in [0.15, 0.2) is 88.5 Å². The van der Waals surface area contributed by atoms with Crippen LogP contribution in [0.25, 0.3) is 42.0 Å². The van der Waals surface area contributed by atoms with E-state index >= 15 is 0 Å². The minimum atomic E-state index is -0.591. The van der Waals surface area contributed by atoms with E-state index in [-0.39, 0.29) is 27.4 Å². The first-order valence-electron chi connectivity index (χ1n) is 10.7. The second-order valence-corrected chi connectivity index (χ2v) is 9.27. The highest BCUT2D eigenvalue weighted by atomic mass is 32.1. The first kappa shape index (κ1) is 20.3. The van der Waals surface area contributed by atoms with Crippen LogP contribution in [-0.2, 0) is 0 Å². The van der Waals surface area contributed by atoms with E-state index in [0.29, 0.717) is 26.6 Å². The third-order valence-corrected chi connectivity index (χ3v) is 7.05. The molecule has 0 amide bonds. The average Bonchev–Trinajstić information content (AvgIpc) is 2.86. The van der Waals surface area contributed by atoms with Crippen molar-refractivity contribution in [1.29, 1.82) is 0 Å². The number of aromatic nitrogens is 1. The molecule has 1 N–H and O–H groups in total. The number of hydrogen-bond donors (Lipinski definition) is 1. The summed E-state index contributed by atoms with van der Waals surface area (Å²) in [6.07, 6.45) is 0. The zero-order valence-corrected chi connectivity index (χ0v) is 18.9. The summed E-state index contributed by atoms with van der Waals surface area (Å²) in [6, 6.07) is 23.0. The molecule has 164 valence electrons.